The summed E-state index contributed by atoms with van der Waals surface area (Å²) in [6.07, 6.45) is 1.90. The highest BCUT2D eigenvalue weighted by molar-refractivity contribution is 5.94. The van der Waals surface area contributed by atoms with Crippen LogP contribution in [-0.2, 0) is 0 Å². The van der Waals surface area contributed by atoms with E-state index in [2.05, 4.69) is 10.3 Å². The highest BCUT2D eigenvalue weighted by Gasteiger charge is 2.18. The molecule has 2 heterocycles. The molecule has 1 N–H and O–H groups in total. The van der Waals surface area contributed by atoms with E-state index in [-0.39, 0.29) is 11.9 Å². The van der Waals surface area contributed by atoms with E-state index in [1.807, 2.05) is 73.8 Å². The van der Waals surface area contributed by atoms with Crippen LogP contribution in [0.3, 0.4) is 0 Å². The van der Waals surface area contributed by atoms with Crippen LogP contribution in [0.15, 0.2) is 48.7 Å². The molecule has 0 aliphatic rings. The van der Waals surface area contributed by atoms with Crippen molar-refractivity contribution in [3.8, 4) is 0 Å². The van der Waals surface area contributed by atoms with Crippen molar-refractivity contribution >= 4 is 11.6 Å². The van der Waals surface area contributed by atoms with Crippen LogP contribution >= 0.6 is 0 Å². The van der Waals surface area contributed by atoms with E-state index in [1.165, 1.54) is 0 Å². The van der Waals surface area contributed by atoms with Crippen molar-refractivity contribution in [2.45, 2.75) is 26.8 Å². The van der Waals surface area contributed by atoms with E-state index in [9.17, 15) is 4.79 Å². The number of benzene rings is 1. The van der Waals surface area contributed by atoms with Crippen molar-refractivity contribution < 1.29 is 4.79 Å². The van der Waals surface area contributed by atoms with Crippen LogP contribution in [0.25, 0.3) is 5.65 Å². The average Bonchev–Trinajstić information content (AvgIpc) is 2.83. The predicted octanol–water partition coefficient (Wildman–Crippen LogP) is 3.44. The van der Waals surface area contributed by atoms with Gasteiger partial charge in [0.05, 0.1) is 11.7 Å². The number of nitrogens with zero attached hydrogens (tertiary/aromatic N) is 2. The zero-order valence-corrected chi connectivity index (χ0v) is 13.0. The zero-order valence-electron chi connectivity index (χ0n) is 13.0. The van der Waals surface area contributed by atoms with E-state index in [1.54, 1.807) is 0 Å². The lowest BCUT2D eigenvalue weighted by Crippen LogP contribution is -2.28. The summed E-state index contributed by atoms with van der Waals surface area (Å²) in [6, 6.07) is 13.8. The summed E-state index contributed by atoms with van der Waals surface area (Å²) >= 11 is 0. The molecule has 0 saturated carbocycles. The molecule has 1 aromatic carbocycles. The van der Waals surface area contributed by atoms with Gasteiger partial charge in [0, 0.05) is 6.20 Å². The van der Waals surface area contributed by atoms with Crippen LogP contribution < -0.4 is 5.32 Å². The summed E-state index contributed by atoms with van der Waals surface area (Å²) in [7, 11) is 0. The first-order valence-corrected chi connectivity index (χ1v) is 7.37. The maximum atomic E-state index is 12.6. The Balaban J connectivity index is 1.91. The van der Waals surface area contributed by atoms with Gasteiger partial charge in [0.25, 0.3) is 5.91 Å². The molecule has 1 amide bonds. The molecule has 4 heteroatoms. The number of imidazole rings is 1. The molecule has 1 atom stereocenters. The number of amides is 1. The third kappa shape index (κ3) is 2.60. The molecule has 0 bridgehead atoms. The van der Waals surface area contributed by atoms with Gasteiger partial charge < -0.3 is 5.32 Å². The number of carbonyl (C=O) groups is 1. The van der Waals surface area contributed by atoms with Gasteiger partial charge in [0.15, 0.2) is 0 Å². The second-order valence-electron chi connectivity index (χ2n) is 5.58. The SMILES string of the molecule is Cc1ccn2c(C(=O)N[C@H](C)c3ccccc3)c(C)nc2c1. The monoisotopic (exact) mass is 293 g/mol. The Morgan fingerprint density at radius 1 is 1.18 bits per heavy atom. The molecule has 112 valence electrons. The van der Waals surface area contributed by atoms with Gasteiger partial charge in [-0.05, 0) is 44.0 Å². The lowest BCUT2D eigenvalue weighted by atomic mass is 10.1. The zero-order chi connectivity index (χ0) is 15.7. The van der Waals surface area contributed by atoms with Crippen LogP contribution in [-0.4, -0.2) is 15.3 Å². The van der Waals surface area contributed by atoms with Crippen LogP contribution in [0.2, 0.25) is 0 Å². The van der Waals surface area contributed by atoms with Crippen LogP contribution in [0, 0.1) is 13.8 Å². The standard InChI is InChI=1S/C18H19N3O/c1-12-9-10-21-16(11-12)19-14(3)17(21)18(22)20-13(2)15-7-5-4-6-8-15/h4-11,13H,1-3H3,(H,20,22)/t13-/m1/s1. The van der Waals surface area contributed by atoms with Crippen LogP contribution in [0.1, 0.15) is 40.3 Å². The summed E-state index contributed by atoms with van der Waals surface area (Å²) in [4.78, 5) is 17.1. The van der Waals surface area contributed by atoms with Crippen molar-refractivity contribution in [3.05, 3.63) is 71.2 Å². The molecular formula is C18H19N3O. The van der Waals surface area contributed by atoms with E-state index in [0.29, 0.717) is 5.69 Å². The molecule has 0 spiro atoms. The lowest BCUT2D eigenvalue weighted by molar-refractivity contribution is 0.0933. The number of hydrogen-bond donors (Lipinski definition) is 1. The van der Waals surface area contributed by atoms with Crippen molar-refractivity contribution in [2.75, 3.05) is 0 Å². The fourth-order valence-electron chi connectivity index (χ4n) is 2.63. The van der Waals surface area contributed by atoms with E-state index in [4.69, 9.17) is 0 Å². The van der Waals surface area contributed by atoms with E-state index in [0.717, 1.165) is 22.5 Å². The van der Waals surface area contributed by atoms with Crippen molar-refractivity contribution in [1.29, 1.82) is 0 Å². The molecule has 22 heavy (non-hydrogen) atoms. The summed E-state index contributed by atoms with van der Waals surface area (Å²) in [5.41, 5.74) is 4.34. The summed E-state index contributed by atoms with van der Waals surface area (Å²) in [5.74, 6) is -0.106. The number of nitrogens with one attached hydrogen (secondary N) is 1. The summed E-state index contributed by atoms with van der Waals surface area (Å²) in [6.45, 7) is 5.86. The average molecular weight is 293 g/mol. The number of hydrogen-bond acceptors (Lipinski definition) is 2. The highest BCUT2D eigenvalue weighted by atomic mass is 16.2. The molecular weight excluding hydrogens is 274 g/mol. The Hall–Kier alpha value is -2.62. The molecule has 4 nitrogen and oxygen atoms in total. The maximum Gasteiger partial charge on any atom is 0.270 e. The molecule has 3 aromatic rings. The number of carbonyl (C=O) groups excluding carboxylic acids is 1. The molecule has 0 saturated heterocycles. The Bertz CT molecular complexity index is 821. The second kappa shape index (κ2) is 5.64. The Labute approximate surface area is 129 Å². The Morgan fingerprint density at radius 3 is 2.64 bits per heavy atom. The molecule has 0 aliphatic carbocycles. The number of pyridine rings is 1. The van der Waals surface area contributed by atoms with Crippen molar-refractivity contribution in [2.24, 2.45) is 0 Å². The Kier molecular flexibility index (Phi) is 3.67. The minimum absolute atomic E-state index is 0.0518. The van der Waals surface area contributed by atoms with Gasteiger partial charge in [-0.25, -0.2) is 4.98 Å². The fourth-order valence-corrected chi connectivity index (χ4v) is 2.63. The molecule has 3 rings (SSSR count). The Morgan fingerprint density at radius 2 is 1.91 bits per heavy atom. The number of rotatable bonds is 3. The van der Waals surface area contributed by atoms with Gasteiger partial charge in [-0.2, -0.15) is 0 Å². The van der Waals surface area contributed by atoms with Crippen LogP contribution in [0.4, 0.5) is 0 Å². The molecule has 0 aliphatic heterocycles. The van der Waals surface area contributed by atoms with Gasteiger partial charge in [-0.15, -0.1) is 0 Å². The van der Waals surface area contributed by atoms with Crippen molar-refractivity contribution in [3.63, 3.8) is 0 Å². The van der Waals surface area contributed by atoms with Crippen molar-refractivity contribution in [1.82, 2.24) is 14.7 Å². The molecule has 0 fully saturated rings. The number of aromatic nitrogens is 2. The third-order valence-corrected chi connectivity index (χ3v) is 3.82. The predicted molar refractivity (Wildman–Crippen MR) is 87.0 cm³/mol. The largest absolute Gasteiger partial charge is 0.344 e. The second-order valence-corrected chi connectivity index (χ2v) is 5.58. The normalized spacial score (nSPS) is 12.3. The smallest absolute Gasteiger partial charge is 0.270 e. The number of aryl methyl sites for hydroxylation is 2. The van der Waals surface area contributed by atoms with E-state index < -0.39 is 0 Å². The summed E-state index contributed by atoms with van der Waals surface area (Å²) in [5, 5.41) is 3.05. The highest BCUT2D eigenvalue weighted by Crippen LogP contribution is 2.16. The molecule has 2 aromatic heterocycles. The molecule has 0 unspecified atom stereocenters. The van der Waals surface area contributed by atoms with Gasteiger partial charge in [0.1, 0.15) is 11.3 Å². The minimum Gasteiger partial charge on any atom is -0.344 e. The third-order valence-electron chi connectivity index (χ3n) is 3.82. The van der Waals surface area contributed by atoms with E-state index >= 15 is 0 Å². The molecule has 0 radical (unpaired) electrons. The van der Waals surface area contributed by atoms with Gasteiger partial charge in [-0.1, -0.05) is 30.3 Å². The van der Waals surface area contributed by atoms with Gasteiger partial charge in [0.2, 0.25) is 0 Å². The van der Waals surface area contributed by atoms with Gasteiger partial charge >= 0.3 is 0 Å². The first kappa shape index (κ1) is 14.3. The maximum absolute atomic E-state index is 12.6. The quantitative estimate of drug-likeness (QED) is 0.804. The first-order chi connectivity index (χ1) is 10.6. The van der Waals surface area contributed by atoms with Crippen LogP contribution in [0.5, 0.6) is 0 Å². The first-order valence-electron chi connectivity index (χ1n) is 7.37. The topological polar surface area (TPSA) is 46.4 Å². The number of fused-ring (bicyclic) bond motifs is 1. The minimum atomic E-state index is -0.106. The van der Waals surface area contributed by atoms with Gasteiger partial charge in [-0.3, -0.25) is 9.20 Å². The summed E-state index contributed by atoms with van der Waals surface area (Å²) < 4.78 is 1.84. The fraction of sp³-hybridized carbons (Fsp3) is 0.222. The lowest BCUT2D eigenvalue weighted by Gasteiger charge is -2.14.